The highest BCUT2D eigenvalue weighted by Crippen LogP contribution is 2.50. The molecule has 2 fully saturated rings. The predicted molar refractivity (Wildman–Crippen MR) is 166 cm³/mol. The van der Waals surface area contributed by atoms with Crippen LogP contribution in [0.4, 0.5) is 5.69 Å². The molecule has 3 heterocycles. The van der Waals surface area contributed by atoms with E-state index in [0.717, 1.165) is 11.2 Å². The second-order valence-electron chi connectivity index (χ2n) is 11.6. The molecule has 0 saturated carbocycles. The van der Waals surface area contributed by atoms with Gasteiger partial charge in [0.2, 0.25) is 11.8 Å². The molecule has 3 aromatic carbocycles. The van der Waals surface area contributed by atoms with Crippen molar-refractivity contribution in [3.05, 3.63) is 120 Å². The summed E-state index contributed by atoms with van der Waals surface area (Å²) >= 11 is 6.30. The van der Waals surface area contributed by atoms with Crippen molar-refractivity contribution in [1.29, 1.82) is 0 Å². The molecule has 2 aliphatic rings. The van der Waals surface area contributed by atoms with Gasteiger partial charge in [-0.15, -0.1) is 0 Å². The zero-order valence-corrected chi connectivity index (χ0v) is 25.6. The minimum absolute atomic E-state index is 0.0651. The number of likely N-dealkylation sites (tertiary alicyclic amines) is 1. The monoisotopic (exact) mass is 659 g/mol. The van der Waals surface area contributed by atoms with Gasteiger partial charge < -0.3 is 14.3 Å². The molecule has 6 rings (SSSR count). The minimum atomic E-state index is -2.10. The van der Waals surface area contributed by atoms with Gasteiger partial charge in [-0.3, -0.25) is 39.5 Å². The number of rotatable bonds is 8. The number of esters is 1. The molecular weight excluding hydrogens is 634 g/mol. The van der Waals surface area contributed by atoms with E-state index in [9.17, 15) is 39.2 Å². The zero-order valence-electron chi connectivity index (χ0n) is 24.9. The zero-order chi connectivity index (χ0) is 33.8. The first-order chi connectivity index (χ1) is 22.4. The van der Waals surface area contributed by atoms with Crippen LogP contribution >= 0.6 is 11.6 Å². The molecule has 0 radical (unpaired) electrons. The first-order valence-corrected chi connectivity index (χ1v) is 14.7. The lowest BCUT2D eigenvalue weighted by Crippen LogP contribution is -2.57. The summed E-state index contributed by atoms with van der Waals surface area (Å²) in [6, 6.07) is 13.0. The number of amides is 2. The number of nitrogens with zero attached hydrogens (tertiary/aromatic N) is 2. The lowest BCUT2D eigenvalue weighted by atomic mass is 9.76. The van der Waals surface area contributed by atoms with E-state index >= 15 is 0 Å². The fourth-order valence-electron chi connectivity index (χ4n) is 6.51. The number of carboxylic acids is 1. The highest BCUT2D eigenvalue weighted by molar-refractivity contribution is 6.32. The number of carbonyl (C=O) groups is 4. The number of carbonyl (C=O) groups excluding carboxylic acids is 3. The Morgan fingerprint density at radius 1 is 1.06 bits per heavy atom. The van der Waals surface area contributed by atoms with Crippen molar-refractivity contribution < 1.29 is 38.4 Å². The van der Waals surface area contributed by atoms with Gasteiger partial charge in [-0.1, -0.05) is 35.9 Å². The number of fused-ring (bicyclic) bond motifs is 2. The molecular formula is C33H26ClN3O10. The number of benzene rings is 3. The number of non-ortho nitro benzene ring substituents is 1. The predicted octanol–water partition coefficient (Wildman–Crippen LogP) is 3.96. The van der Waals surface area contributed by atoms with E-state index in [4.69, 9.17) is 20.8 Å². The molecule has 2 amide bonds. The second kappa shape index (κ2) is 11.8. The molecule has 1 aromatic heterocycles. The molecule has 4 atom stereocenters. The molecule has 47 heavy (non-hydrogen) atoms. The number of hydrogen-bond donors (Lipinski definition) is 2. The lowest BCUT2D eigenvalue weighted by Gasteiger charge is -2.31. The van der Waals surface area contributed by atoms with Gasteiger partial charge in [-0.25, -0.2) is 4.79 Å². The van der Waals surface area contributed by atoms with Crippen molar-refractivity contribution >= 4 is 52.0 Å². The van der Waals surface area contributed by atoms with Crippen molar-refractivity contribution in [2.24, 2.45) is 11.8 Å². The van der Waals surface area contributed by atoms with Gasteiger partial charge in [-0.2, -0.15) is 0 Å². The third-order valence-electron chi connectivity index (χ3n) is 8.89. The molecule has 4 aromatic rings. The largest absolute Gasteiger partial charge is 0.480 e. The Morgan fingerprint density at radius 3 is 2.34 bits per heavy atom. The highest BCUT2D eigenvalue weighted by Gasteiger charge is 2.68. The van der Waals surface area contributed by atoms with Gasteiger partial charge in [0.25, 0.3) is 5.69 Å². The summed E-state index contributed by atoms with van der Waals surface area (Å²) in [6.07, 6.45) is 0.811. The molecule has 2 aliphatic heterocycles. The standard InChI is InChI=1S/C33H26ClN3O10/c1-16-11-24-21(12-23(16)34)28(38)22(15-47-24)27-25-26(33(35-27,32(42)43)13-17-5-9-20(10-6-17)37(44)45)30(40)36(29(25)39)14-18-3-7-19(8-4-18)31(41)46-2/h3-12,15,25-27,35H,13-14H2,1-2H3,(H,42,43). The normalized spacial score (nSPS) is 22.0. The number of ether oxygens (including phenoxy) is 1. The van der Waals surface area contributed by atoms with Crippen LogP contribution in [0.25, 0.3) is 11.0 Å². The van der Waals surface area contributed by atoms with Crippen LogP contribution in [0.1, 0.15) is 38.7 Å². The summed E-state index contributed by atoms with van der Waals surface area (Å²) in [5, 5.41) is 25.3. The van der Waals surface area contributed by atoms with Crippen LogP contribution in [-0.2, 0) is 32.1 Å². The smallest absolute Gasteiger partial charge is 0.337 e. The van der Waals surface area contributed by atoms with E-state index in [0.29, 0.717) is 21.7 Å². The molecule has 0 aliphatic carbocycles. The summed E-state index contributed by atoms with van der Waals surface area (Å²) in [7, 11) is 1.23. The number of hydrogen-bond acceptors (Lipinski definition) is 10. The molecule has 2 saturated heterocycles. The number of carboxylic acid groups (broad SMARTS) is 1. The Kier molecular flexibility index (Phi) is 7.90. The van der Waals surface area contributed by atoms with E-state index in [1.165, 1.54) is 49.6 Å². The first kappa shape index (κ1) is 31.6. The van der Waals surface area contributed by atoms with Gasteiger partial charge in [0.15, 0.2) is 5.43 Å². The first-order valence-electron chi connectivity index (χ1n) is 14.3. The fraction of sp³-hybridized carbons (Fsp3) is 0.242. The van der Waals surface area contributed by atoms with Crippen molar-refractivity contribution in [3.8, 4) is 0 Å². The van der Waals surface area contributed by atoms with Crippen molar-refractivity contribution in [2.75, 3.05) is 7.11 Å². The van der Waals surface area contributed by atoms with Crippen LogP contribution in [-0.4, -0.2) is 51.3 Å². The summed E-state index contributed by atoms with van der Waals surface area (Å²) in [4.78, 5) is 78.8. The van der Waals surface area contributed by atoms with E-state index < -0.39 is 57.5 Å². The number of nitro groups is 1. The van der Waals surface area contributed by atoms with Crippen LogP contribution in [0, 0.1) is 28.9 Å². The number of nitrogens with one attached hydrogen (secondary N) is 1. The molecule has 0 spiro atoms. The number of imide groups is 1. The Hall–Kier alpha value is -5.40. The SMILES string of the molecule is COC(=O)c1ccc(CN2C(=O)C3C(c4coc5cc(C)c(Cl)cc5c4=O)NC(Cc4ccc([N+](=O)[O-])cc4)(C(=O)O)C3C2=O)cc1. The summed E-state index contributed by atoms with van der Waals surface area (Å²) in [5.41, 5.74) is -0.970. The van der Waals surface area contributed by atoms with E-state index in [2.05, 4.69) is 5.32 Å². The maximum atomic E-state index is 14.2. The van der Waals surface area contributed by atoms with Crippen LogP contribution in [0.15, 0.2) is 76.1 Å². The van der Waals surface area contributed by atoms with Gasteiger partial charge in [0, 0.05) is 23.6 Å². The molecule has 13 nitrogen and oxygen atoms in total. The maximum absolute atomic E-state index is 14.2. The van der Waals surface area contributed by atoms with Crippen molar-refractivity contribution in [1.82, 2.24) is 10.2 Å². The number of methoxy groups -OCH3 is 1. The van der Waals surface area contributed by atoms with Crippen LogP contribution in [0.2, 0.25) is 5.02 Å². The van der Waals surface area contributed by atoms with E-state index in [1.807, 2.05) is 0 Å². The highest BCUT2D eigenvalue weighted by atomic mass is 35.5. The Bertz CT molecular complexity index is 2040. The van der Waals surface area contributed by atoms with Crippen LogP contribution in [0.3, 0.4) is 0 Å². The lowest BCUT2D eigenvalue weighted by molar-refractivity contribution is -0.384. The number of aryl methyl sites for hydroxylation is 1. The molecule has 14 heteroatoms. The van der Waals surface area contributed by atoms with E-state index in [-0.39, 0.29) is 40.7 Å². The molecule has 2 N–H and O–H groups in total. The van der Waals surface area contributed by atoms with E-state index in [1.54, 1.807) is 25.1 Å². The Morgan fingerprint density at radius 2 is 1.72 bits per heavy atom. The van der Waals surface area contributed by atoms with Gasteiger partial charge in [-0.05, 0) is 47.9 Å². The third kappa shape index (κ3) is 5.22. The second-order valence-corrected chi connectivity index (χ2v) is 12.0. The molecule has 0 bridgehead atoms. The molecule has 4 unspecified atom stereocenters. The van der Waals surface area contributed by atoms with Crippen molar-refractivity contribution in [2.45, 2.75) is 31.5 Å². The van der Waals surface area contributed by atoms with Crippen molar-refractivity contribution in [3.63, 3.8) is 0 Å². The van der Waals surface area contributed by atoms with Crippen LogP contribution in [0.5, 0.6) is 0 Å². The topological polar surface area (TPSA) is 186 Å². The number of nitro benzene ring substituents is 1. The van der Waals surface area contributed by atoms with Crippen LogP contribution < -0.4 is 10.7 Å². The third-order valence-corrected chi connectivity index (χ3v) is 9.30. The summed E-state index contributed by atoms with van der Waals surface area (Å²) in [6.45, 7) is 1.51. The quantitative estimate of drug-likeness (QED) is 0.121. The molecule has 240 valence electrons. The number of aliphatic carboxylic acids is 1. The summed E-state index contributed by atoms with van der Waals surface area (Å²) < 4.78 is 10.5. The summed E-state index contributed by atoms with van der Waals surface area (Å²) in [5.74, 6) is -6.31. The van der Waals surface area contributed by atoms with Gasteiger partial charge in [0.05, 0.1) is 59.2 Å². The Balaban J connectivity index is 1.46. The maximum Gasteiger partial charge on any atom is 0.337 e. The fourth-order valence-corrected chi connectivity index (χ4v) is 6.67. The van der Waals surface area contributed by atoms with Gasteiger partial charge in [0.1, 0.15) is 11.1 Å². The average Bonchev–Trinajstić information content (AvgIpc) is 3.51. The average molecular weight is 660 g/mol. The Labute approximate surface area is 270 Å². The number of halogens is 1. The minimum Gasteiger partial charge on any atom is -0.480 e. The van der Waals surface area contributed by atoms with Gasteiger partial charge >= 0.3 is 11.9 Å².